The van der Waals surface area contributed by atoms with Gasteiger partial charge in [-0.1, -0.05) is 26.0 Å². The molecule has 4 aromatic rings. The molecule has 0 fully saturated rings. The van der Waals surface area contributed by atoms with Crippen LogP contribution < -0.4 is 14.8 Å². The van der Waals surface area contributed by atoms with Crippen molar-refractivity contribution in [3.63, 3.8) is 0 Å². The molecule has 0 aliphatic carbocycles. The van der Waals surface area contributed by atoms with Crippen LogP contribution in [-0.4, -0.2) is 24.1 Å². The maximum atomic E-state index is 12.9. The Balaban J connectivity index is 1.56. The highest BCUT2D eigenvalue weighted by Crippen LogP contribution is 2.28. The van der Waals surface area contributed by atoms with E-state index < -0.39 is 0 Å². The predicted octanol–water partition coefficient (Wildman–Crippen LogP) is 6.67. The van der Waals surface area contributed by atoms with Gasteiger partial charge in [-0.05, 0) is 67.8 Å². The number of nitrogens with one attached hydrogen (secondary N) is 1. The van der Waals surface area contributed by atoms with Crippen LogP contribution >= 0.6 is 0 Å². The molecular formula is C27H28N2O4. The van der Waals surface area contributed by atoms with E-state index in [1.807, 2.05) is 32.0 Å². The highest BCUT2D eigenvalue weighted by atomic mass is 16.5. The number of nitrogens with zero attached hydrogens (tertiary/aromatic N) is 1. The first-order chi connectivity index (χ1) is 16.0. The smallest absolute Gasteiger partial charge is 0.255 e. The first-order valence-electron chi connectivity index (χ1n) is 11.2. The fourth-order valence-electron chi connectivity index (χ4n) is 3.55. The number of ether oxygens (including phenoxy) is 2. The molecule has 0 saturated heterocycles. The second kappa shape index (κ2) is 9.77. The molecule has 33 heavy (non-hydrogen) atoms. The van der Waals surface area contributed by atoms with E-state index in [1.165, 1.54) is 5.56 Å². The van der Waals surface area contributed by atoms with E-state index in [4.69, 9.17) is 13.9 Å². The lowest BCUT2D eigenvalue weighted by atomic mass is 10.0. The van der Waals surface area contributed by atoms with Crippen LogP contribution in [0.5, 0.6) is 11.5 Å². The van der Waals surface area contributed by atoms with Crippen LogP contribution in [0.25, 0.3) is 22.6 Å². The largest absolute Gasteiger partial charge is 0.494 e. The molecule has 0 aliphatic rings. The van der Waals surface area contributed by atoms with Crippen LogP contribution in [0.2, 0.25) is 0 Å². The molecule has 6 nitrogen and oxygen atoms in total. The summed E-state index contributed by atoms with van der Waals surface area (Å²) in [5.74, 6) is 1.94. The van der Waals surface area contributed by atoms with Gasteiger partial charge in [0.05, 0.1) is 13.2 Å². The maximum absolute atomic E-state index is 12.9. The molecule has 0 radical (unpaired) electrons. The lowest BCUT2D eigenvalue weighted by Gasteiger charge is -2.11. The Bertz CT molecular complexity index is 1230. The number of carbonyl (C=O) groups is 1. The molecule has 170 valence electrons. The third-order valence-electron chi connectivity index (χ3n) is 5.23. The second-order valence-corrected chi connectivity index (χ2v) is 7.99. The van der Waals surface area contributed by atoms with E-state index in [-0.39, 0.29) is 5.91 Å². The molecule has 0 bridgehead atoms. The number of carbonyl (C=O) groups excluding carboxylic acids is 1. The fourth-order valence-corrected chi connectivity index (χ4v) is 3.55. The summed E-state index contributed by atoms with van der Waals surface area (Å²) in [5, 5.41) is 2.93. The molecule has 1 aromatic heterocycles. The second-order valence-electron chi connectivity index (χ2n) is 7.99. The number of fused-ring (bicyclic) bond motifs is 1. The lowest BCUT2D eigenvalue weighted by Crippen LogP contribution is -2.12. The van der Waals surface area contributed by atoms with Gasteiger partial charge >= 0.3 is 0 Å². The molecule has 4 rings (SSSR count). The summed E-state index contributed by atoms with van der Waals surface area (Å²) >= 11 is 0. The molecule has 0 unspecified atom stereocenters. The molecule has 6 heteroatoms. The summed E-state index contributed by atoms with van der Waals surface area (Å²) in [7, 11) is 0. The molecular weight excluding hydrogens is 416 g/mol. The minimum absolute atomic E-state index is 0.259. The number of hydrogen-bond donors (Lipinski definition) is 1. The van der Waals surface area contributed by atoms with Gasteiger partial charge in [0, 0.05) is 22.9 Å². The number of rotatable bonds is 8. The monoisotopic (exact) mass is 444 g/mol. The number of oxazole rings is 1. The minimum atomic E-state index is -0.259. The number of anilines is 1. The zero-order valence-electron chi connectivity index (χ0n) is 19.3. The SMILES string of the molecule is CCOc1cc(OCC)cc(C(=O)Nc2ccc3oc(-c4ccc(C(C)C)cc4)nc3c2)c1. The zero-order chi connectivity index (χ0) is 23.4. The van der Waals surface area contributed by atoms with E-state index in [0.717, 1.165) is 5.56 Å². The molecule has 1 N–H and O–H groups in total. The highest BCUT2D eigenvalue weighted by Gasteiger charge is 2.13. The van der Waals surface area contributed by atoms with Crippen LogP contribution in [0.15, 0.2) is 65.1 Å². The van der Waals surface area contributed by atoms with Crippen molar-refractivity contribution in [2.24, 2.45) is 0 Å². The predicted molar refractivity (Wildman–Crippen MR) is 130 cm³/mol. The van der Waals surface area contributed by atoms with E-state index >= 15 is 0 Å². The third kappa shape index (κ3) is 5.17. The first-order valence-corrected chi connectivity index (χ1v) is 11.2. The van der Waals surface area contributed by atoms with Crippen molar-refractivity contribution in [3.05, 3.63) is 71.8 Å². The quantitative estimate of drug-likeness (QED) is 0.329. The maximum Gasteiger partial charge on any atom is 0.255 e. The van der Waals surface area contributed by atoms with Crippen molar-refractivity contribution < 1.29 is 18.7 Å². The molecule has 0 spiro atoms. The standard InChI is InChI=1S/C27H28N2O4/c1-5-31-22-13-20(14-23(16-22)32-6-2)26(30)28-21-11-12-25-24(15-21)29-27(33-25)19-9-7-18(8-10-19)17(3)4/h7-17H,5-6H2,1-4H3,(H,28,30). The van der Waals surface area contributed by atoms with Crippen molar-refractivity contribution in [1.82, 2.24) is 4.98 Å². The minimum Gasteiger partial charge on any atom is -0.494 e. The van der Waals surface area contributed by atoms with Gasteiger partial charge < -0.3 is 19.2 Å². The number of benzene rings is 3. The summed E-state index contributed by atoms with van der Waals surface area (Å²) in [6, 6.07) is 18.8. The van der Waals surface area contributed by atoms with Crippen LogP contribution in [0.3, 0.4) is 0 Å². The summed E-state index contributed by atoms with van der Waals surface area (Å²) in [5.41, 5.74) is 4.60. The summed E-state index contributed by atoms with van der Waals surface area (Å²) < 4.78 is 17.1. The van der Waals surface area contributed by atoms with Crippen LogP contribution in [0.4, 0.5) is 5.69 Å². The Morgan fingerprint density at radius 1 is 0.939 bits per heavy atom. The van der Waals surface area contributed by atoms with Gasteiger partial charge in [0.25, 0.3) is 5.91 Å². The number of amides is 1. The van der Waals surface area contributed by atoms with Crippen molar-refractivity contribution in [1.29, 1.82) is 0 Å². The van der Waals surface area contributed by atoms with Crippen LogP contribution in [-0.2, 0) is 0 Å². The topological polar surface area (TPSA) is 73.6 Å². The summed E-state index contributed by atoms with van der Waals surface area (Å²) in [6.45, 7) is 9.12. The normalized spacial score (nSPS) is 11.1. The van der Waals surface area contributed by atoms with Gasteiger partial charge in [-0.2, -0.15) is 0 Å². The Labute approximate surface area is 193 Å². The van der Waals surface area contributed by atoms with E-state index in [9.17, 15) is 4.79 Å². The van der Waals surface area contributed by atoms with Crippen molar-refractivity contribution in [2.75, 3.05) is 18.5 Å². The van der Waals surface area contributed by atoms with E-state index in [2.05, 4.69) is 36.3 Å². The Hall–Kier alpha value is -3.80. The molecule has 1 amide bonds. The highest BCUT2D eigenvalue weighted by molar-refractivity contribution is 6.05. The first kappa shape index (κ1) is 22.4. The van der Waals surface area contributed by atoms with Crippen molar-refractivity contribution >= 4 is 22.7 Å². The molecule has 0 atom stereocenters. The van der Waals surface area contributed by atoms with Gasteiger partial charge in [0.15, 0.2) is 5.58 Å². The Morgan fingerprint density at radius 2 is 1.61 bits per heavy atom. The van der Waals surface area contributed by atoms with Crippen LogP contribution in [0.1, 0.15) is 49.5 Å². The summed E-state index contributed by atoms with van der Waals surface area (Å²) in [4.78, 5) is 17.5. The average Bonchev–Trinajstić information content (AvgIpc) is 3.23. The molecule has 0 aliphatic heterocycles. The third-order valence-corrected chi connectivity index (χ3v) is 5.23. The summed E-state index contributed by atoms with van der Waals surface area (Å²) in [6.07, 6.45) is 0. The molecule has 0 saturated carbocycles. The van der Waals surface area contributed by atoms with Gasteiger partial charge in [-0.15, -0.1) is 0 Å². The molecule has 3 aromatic carbocycles. The zero-order valence-corrected chi connectivity index (χ0v) is 19.3. The van der Waals surface area contributed by atoms with Gasteiger partial charge in [0.2, 0.25) is 5.89 Å². The number of hydrogen-bond acceptors (Lipinski definition) is 5. The average molecular weight is 445 g/mol. The van der Waals surface area contributed by atoms with Gasteiger partial charge in [0.1, 0.15) is 17.0 Å². The number of aromatic nitrogens is 1. The van der Waals surface area contributed by atoms with Gasteiger partial charge in [-0.3, -0.25) is 4.79 Å². The lowest BCUT2D eigenvalue weighted by molar-refractivity contribution is 0.102. The van der Waals surface area contributed by atoms with E-state index in [1.54, 1.807) is 30.3 Å². The molecule has 1 heterocycles. The van der Waals surface area contributed by atoms with Crippen molar-refractivity contribution in [2.45, 2.75) is 33.6 Å². The van der Waals surface area contributed by atoms with Gasteiger partial charge in [-0.25, -0.2) is 4.98 Å². The van der Waals surface area contributed by atoms with E-state index in [0.29, 0.717) is 58.9 Å². The fraction of sp³-hybridized carbons (Fsp3) is 0.259. The Morgan fingerprint density at radius 3 is 2.21 bits per heavy atom. The van der Waals surface area contributed by atoms with Crippen LogP contribution in [0, 0.1) is 0 Å². The Kier molecular flexibility index (Phi) is 6.63. The van der Waals surface area contributed by atoms with Crippen molar-refractivity contribution in [3.8, 4) is 23.0 Å².